The summed E-state index contributed by atoms with van der Waals surface area (Å²) in [6, 6.07) is 5.93. The Balaban J connectivity index is 1.41. The SMILES string of the molecule is COc1cc(Cn2cnc3cc(C#CC(C)(C)N)cnc32)cc2c1OC(C1CC1)CO2. The van der Waals surface area contributed by atoms with E-state index in [4.69, 9.17) is 19.9 Å². The molecule has 1 aromatic carbocycles. The van der Waals surface area contributed by atoms with Crippen molar-refractivity contribution in [3.05, 3.63) is 41.9 Å². The standard InChI is InChI=1S/C24H26N4O3/c1-24(2,25)7-6-15-8-18-23(26-11-15)28(14-27-18)12-16-9-19(29-3)22-20(10-16)30-13-21(31-22)17-4-5-17/h8-11,14,17,21H,4-5,12-13,25H2,1-3H3. The van der Waals surface area contributed by atoms with E-state index >= 15 is 0 Å². The Hall–Kier alpha value is -3.24. The average molecular weight is 418 g/mol. The normalized spacial score (nSPS) is 17.9. The maximum Gasteiger partial charge on any atom is 0.203 e. The van der Waals surface area contributed by atoms with Crippen LogP contribution in [0, 0.1) is 17.8 Å². The van der Waals surface area contributed by atoms with Gasteiger partial charge >= 0.3 is 0 Å². The summed E-state index contributed by atoms with van der Waals surface area (Å²) in [6.45, 7) is 4.91. The van der Waals surface area contributed by atoms with Gasteiger partial charge in [0, 0.05) is 11.8 Å². The molecule has 0 saturated heterocycles. The van der Waals surface area contributed by atoms with Crippen molar-refractivity contribution in [2.75, 3.05) is 13.7 Å². The number of hydrogen-bond donors (Lipinski definition) is 1. The van der Waals surface area contributed by atoms with Gasteiger partial charge in [0.1, 0.15) is 18.2 Å². The molecule has 7 nitrogen and oxygen atoms in total. The van der Waals surface area contributed by atoms with Crippen LogP contribution in [0.5, 0.6) is 17.2 Å². The van der Waals surface area contributed by atoms with Gasteiger partial charge in [0.25, 0.3) is 0 Å². The Morgan fingerprint density at radius 2 is 2.10 bits per heavy atom. The second kappa shape index (κ2) is 7.47. The van der Waals surface area contributed by atoms with Crippen molar-refractivity contribution in [1.82, 2.24) is 14.5 Å². The lowest BCUT2D eigenvalue weighted by Gasteiger charge is -2.28. The summed E-state index contributed by atoms with van der Waals surface area (Å²) in [4.78, 5) is 9.07. The van der Waals surface area contributed by atoms with E-state index in [9.17, 15) is 0 Å². The molecular formula is C24H26N4O3. The Morgan fingerprint density at radius 1 is 1.26 bits per heavy atom. The first-order valence-corrected chi connectivity index (χ1v) is 10.5. The molecule has 1 saturated carbocycles. The molecule has 3 heterocycles. The van der Waals surface area contributed by atoms with Crippen LogP contribution in [0.15, 0.2) is 30.7 Å². The minimum absolute atomic E-state index is 0.121. The zero-order valence-electron chi connectivity index (χ0n) is 18.0. The summed E-state index contributed by atoms with van der Waals surface area (Å²) in [5.41, 5.74) is 8.79. The monoisotopic (exact) mass is 418 g/mol. The van der Waals surface area contributed by atoms with Crippen LogP contribution in [0.2, 0.25) is 0 Å². The number of rotatable bonds is 4. The van der Waals surface area contributed by atoms with Crippen LogP contribution in [0.3, 0.4) is 0 Å². The summed E-state index contributed by atoms with van der Waals surface area (Å²) in [5, 5.41) is 0. The van der Waals surface area contributed by atoms with Crippen LogP contribution in [0.4, 0.5) is 0 Å². The van der Waals surface area contributed by atoms with Crippen LogP contribution < -0.4 is 19.9 Å². The number of hydrogen-bond acceptors (Lipinski definition) is 6. The lowest BCUT2D eigenvalue weighted by Crippen LogP contribution is -2.31. The van der Waals surface area contributed by atoms with Crippen LogP contribution in [0.1, 0.15) is 37.8 Å². The zero-order valence-corrected chi connectivity index (χ0v) is 18.0. The highest BCUT2D eigenvalue weighted by atomic mass is 16.6. The molecule has 2 N–H and O–H groups in total. The number of nitrogens with two attached hydrogens (primary N) is 1. The van der Waals surface area contributed by atoms with Crippen LogP contribution >= 0.6 is 0 Å². The molecule has 2 aromatic heterocycles. The number of ether oxygens (including phenoxy) is 3. The van der Waals surface area contributed by atoms with Gasteiger partial charge in [-0.1, -0.05) is 11.8 Å². The number of aromatic nitrogens is 3. The second-order valence-corrected chi connectivity index (χ2v) is 8.84. The number of benzene rings is 1. The molecule has 0 bridgehead atoms. The quantitative estimate of drug-likeness (QED) is 0.656. The van der Waals surface area contributed by atoms with Crippen molar-refractivity contribution in [2.45, 2.75) is 44.9 Å². The lowest BCUT2D eigenvalue weighted by molar-refractivity contribution is 0.0719. The lowest BCUT2D eigenvalue weighted by atomic mass is 10.1. The molecular weight excluding hydrogens is 392 g/mol. The van der Waals surface area contributed by atoms with Gasteiger partial charge < -0.3 is 24.5 Å². The second-order valence-electron chi connectivity index (χ2n) is 8.84. The van der Waals surface area contributed by atoms with Crippen LogP contribution in [-0.4, -0.2) is 39.9 Å². The van der Waals surface area contributed by atoms with Crippen molar-refractivity contribution in [3.63, 3.8) is 0 Å². The van der Waals surface area contributed by atoms with E-state index in [1.807, 2.05) is 36.6 Å². The fourth-order valence-electron chi connectivity index (χ4n) is 3.72. The molecule has 5 rings (SSSR count). The largest absolute Gasteiger partial charge is 0.493 e. The summed E-state index contributed by atoms with van der Waals surface area (Å²) in [6.07, 6.45) is 6.08. The van der Waals surface area contributed by atoms with E-state index in [-0.39, 0.29) is 6.10 Å². The van der Waals surface area contributed by atoms with E-state index in [1.54, 1.807) is 19.6 Å². The van der Waals surface area contributed by atoms with Crippen molar-refractivity contribution >= 4 is 11.2 Å². The third-order valence-corrected chi connectivity index (χ3v) is 5.46. The molecule has 31 heavy (non-hydrogen) atoms. The van der Waals surface area contributed by atoms with Crippen LogP contribution in [-0.2, 0) is 6.54 Å². The van der Waals surface area contributed by atoms with Gasteiger partial charge in [0.05, 0.1) is 25.5 Å². The van der Waals surface area contributed by atoms with Crippen LogP contribution in [0.25, 0.3) is 11.2 Å². The minimum Gasteiger partial charge on any atom is -0.493 e. The fourth-order valence-corrected chi connectivity index (χ4v) is 3.72. The minimum atomic E-state index is -0.551. The van der Waals surface area contributed by atoms with Gasteiger partial charge in [-0.05, 0) is 56.4 Å². The first-order valence-electron chi connectivity index (χ1n) is 10.5. The molecule has 1 aliphatic carbocycles. The molecule has 0 amide bonds. The van der Waals surface area contributed by atoms with Gasteiger partial charge in [-0.25, -0.2) is 9.97 Å². The highest BCUT2D eigenvalue weighted by Crippen LogP contribution is 2.45. The van der Waals surface area contributed by atoms with Crippen molar-refractivity contribution in [2.24, 2.45) is 11.7 Å². The average Bonchev–Trinajstić information content (AvgIpc) is 3.53. The number of methoxy groups -OCH3 is 1. The summed E-state index contributed by atoms with van der Waals surface area (Å²) >= 11 is 0. The predicted octanol–water partition coefficient (Wildman–Crippen LogP) is 3.13. The molecule has 0 radical (unpaired) electrons. The van der Waals surface area contributed by atoms with E-state index < -0.39 is 5.54 Å². The Bertz CT molecular complexity index is 1180. The number of fused-ring (bicyclic) bond motifs is 2. The van der Waals surface area contributed by atoms with E-state index in [2.05, 4.69) is 21.8 Å². The third kappa shape index (κ3) is 4.17. The first kappa shape index (κ1) is 19.7. The molecule has 7 heteroatoms. The fraction of sp³-hybridized carbons (Fsp3) is 0.417. The topological polar surface area (TPSA) is 84.4 Å². The van der Waals surface area contributed by atoms with Crippen molar-refractivity contribution < 1.29 is 14.2 Å². The molecule has 3 aromatic rings. The Kier molecular flexibility index (Phi) is 4.75. The Morgan fingerprint density at radius 3 is 2.84 bits per heavy atom. The maximum atomic E-state index is 6.20. The zero-order chi connectivity index (χ0) is 21.6. The van der Waals surface area contributed by atoms with Gasteiger partial charge in [0.2, 0.25) is 5.75 Å². The summed E-state index contributed by atoms with van der Waals surface area (Å²) in [5.74, 6) is 8.81. The smallest absolute Gasteiger partial charge is 0.203 e. The van der Waals surface area contributed by atoms with E-state index in [1.165, 1.54) is 12.8 Å². The molecule has 160 valence electrons. The molecule has 2 aliphatic rings. The van der Waals surface area contributed by atoms with Gasteiger partial charge in [-0.3, -0.25) is 0 Å². The van der Waals surface area contributed by atoms with Gasteiger partial charge in [-0.15, -0.1) is 0 Å². The molecule has 1 fully saturated rings. The van der Waals surface area contributed by atoms with E-state index in [0.29, 0.717) is 30.6 Å². The van der Waals surface area contributed by atoms with E-state index in [0.717, 1.165) is 28.0 Å². The number of nitrogens with zero attached hydrogens (tertiary/aromatic N) is 3. The molecule has 1 aliphatic heterocycles. The number of pyridine rings is 1. The molecule has 1 atom stereocenters. The highest BCUT2D eigenvalue weighted by molar-refractivity contribution is 5.72. The first-order chi connectivity index (χ1) is 14.9. The number of imidazole rings is 1. The van der Waals surface area contributed by atoms with Gasteiger partial charge in [0.15, 0.2) is 17.1 Å². The predicted molar refractivity (Wildman–Crippen MR) is 117 cm³/mol. The van der Waals surface area contributed by atoms with Gasteiger partial charge in [-0.2, -0.15) is 0 Å². The van der Waals surface area contributed by atoms with Crippen molar-refractivity contribution in [1.29, 1.82) is 0 Å². The highest BCUT2D eigenvalue weighted by Gasteiger charge is 2.37. The third-order valence-electron chi connectivity index (χ3n) is 5.46. The molecule has 0 spiro atoms. The maximum absolute atomic E-state index is 6.20. The summed E-state index contributed by atoms with van der Waals surface area (Å²) < 4.78 is 19.8. The molecule has 1 unspecified atom stereocenters. The Labute approximate surface area is 181 Å². The summed E-state index contributed by atoms with van der Waals surface area (Å²) in [7, 11) is 1.66. The van der Waals surface area contributed by atoms with Crippen molar-refractivity contribution in [3.8, 4) is 29.1 Å².